The van der Waals surface area contributed by atoms with E-state index in [2.05, 4.69) is 47.2 Å². The molecule has 0 aromatic carbocycles. The third-order valence-electron chi connectivity index (χ3n) is 5.56. The molecule has 1 fully saturated rings. The van der Waals surface area contributed by atoms with E-state index in [0.717, 1.165) is 17.9 Å². The molecule has 0 aromatic heterocycles. The molecule has 0 amide bonds. The number of allylic oxidation sites excluding steroid dienone is 3. The van der Waals surface area contributed by atoms with Gasteiger partial charge in [0.2, 0.25) is 0 Å². The van der Waals surface area contributed by atoms with Gasteiger partial charge in [-0.1, -0.05) is 0 Å². The van der Waals surface area contributed by atoms with Crippen LogP contribution in [0.4, 0.5) is 0 Å². The molecule has 0 aromatic rings. The molecule has 0 saturated heterocycles. The maximum atomic E-state index is 3.08. The summed E-state index contributed by atoms with van der Waals surface area (Å²) < 4.78 is 3.08. The van der Waals surface area contributed by atoms with E-state index in [-0.39, 0.29) is 30.3 Å². The summed E-state index contributed by atoms with van der Waals surface area (Å²) in [5.41, 5.74) is 0.0146. The number of nitrogens with zero attached hydrogens (tertiary/aromatic N) is 1. The SMILES string of the molecule is CCCCCCCCCC[N]([Hf+2]=[Si](C)C)C1CCC2C=CC=CC21.[Cl-].[Cl-]. The molecular formula is C21H38Cl2HfNSi. The van der Waals surface area contributed by atoms with Crippen molar-refractivity contribution in [3.8, 4) is 0 Å². The average molecular weight is 582 g/mol. The molecule has 2 aliphatic rings. The summed E-state index contributed by atoms with van der Waals surface area (Å²) >= 11 is -0.539. The smallest absolute Gasteiger partial charge is 1.00 e. The van der Waals surface area contributed by atoms with Crippen LogP contribution in [0, 0.1) is 11.8 Å². The number of rotatable bonds is 11. The first-order valence-corrected chi connectivity index (χ1v) is 19.9. The molecule has 2 rings (SSSR count). The van der Waals surface area contributed by atoms with Gasteiger partial charge in [0.1, 0.15) is 0 Å². The van der Waals surface area contributed by atoms with Gasteiger partial charge in [0.25, 0.3) is 0 Å². The zero-order chi connectivity index (χ0) is 17.2. The van der Waals surface area contributed by atoms with Crippen molar-refractivity contribution in [3.05, 3.63) is 24.3 Å². The Morgan fingerprint density at radius 2 is 1.50 bits per heavy atom. The van der Waals surface area contributed by atoms with Crippen LogP contribution in [0.25, 0.3) is 0 Å². The first-order valence-electron chi connectivity index (χ1n) is 10.4. The molecule has 1 nitrogen and oxygen atoms in total. The molecule has 26 heavy (non-hydrogen) atoms. The van der Waals surface area contributed by atoms with Crippen LogP contribution in [0.2, 0.25) is 13.1 Å². The quantitative estimate of drug-likeness (QED) is 0.249. The van der Waals surface area contributed by atoms with E-state index in [9.17, 15) is 0 Å². The molecule has 3 atom stereocenters. The molecule has 0 heterocycles. The first-order chi connectivity index (χ1) is 11.7. The number of unbranched alkanes of at least 4 members (excludes halogenated alkanes) is 7. The molecule has 0 N–H and O–H groups in total. The average Bonchev–Trinajstić information content (AvgIpc) is 3.00. The van der Waals surface area contributed by atoms with Gasteiger partial charge in [-0.2, -0.15) is 0 Å². The fraction of sp³-hybridized carbons (Fsp3) is 0.810. The van der Waals surface area contributed by atoms with E-state index in [4.69, 9.17) is 0 Å². The van der Waals surface area contributed by atoms with Crippen LogP contribution >= 0.6 is 0 Å². The van der Waals surface area contributed by atoms with Gasteiger partial charge in [0.15, 0.2) is 0 Å². The second kappa shape index (κ2) is 16.0. The van der Waals surface area contributed by atoms with Crippen LogP contribution in [0.3, 0.4) is 0 Å². The van der Waals surface area contributed by atoms with Gasteiger partial charge in [0, 0.05) is 0 Å². The van der Waals surface area contributed by atoms with Gasteiger partial charge in [-0.05, 0) is 0 Å². The van der Waals surface area contributed by atoms with Crippen LogP contribution in [0.15, 0.2) is 24.3 Å². The Kier molecular flexibility index (Phi) is 16.6. The Labute approximate surface area is 187 Å². The van der Waals surface area contributed by atoms with Gasteiger partial charge >= 0.3 is 163 Å². The summed E-state index contributed by atoms with van der Waals surface area (Å²) in [4.78, 5) is 0. The van der Waals surface area contributed by atoms with Crippen LogP contribution in [0.5, 0.6) is 0 Å². The van der Waals surface area contributed by atoms with Gasteiger partial charge in [-0.25, -0.2) is 0 Å². The summed E-state index contributed by atoms with van der Waals surface area (Å²) in [5, 5.41) is 0. The Hall–Kier alpha value is 1.11. The summed E-state index contributed by atoms with van der Waals surface area (Å²) in [6, 6.07) is 0.906. The topological polar surface area (TPSA) is 3.24 Å². The van der Waals surface area contributed by atoms with E-state index in [1.54, 1.807) is 0 Å². The van der Waals surface area contributed by atoms with Gasteiger partial charge in [-0.15, -0.1) is 0 Å². The second-order valence-corrected chi connectivity index (χ2v) is 25.4. The minimum Gasteiger partial charge on any atom is -1.00 e. The molecule has 2 aliphatic carbocycles. The Morgan fingerprint density at radius 3 is 2.15 bits per heavy atom. The molecule has 0 spiro atoms. The molecular weight excluding hydrogens is 544 g/mol. The Morgan fingerprint density at radius 1 is 0.885 bits per heavy atom. The van der Waals surface area contributed by atoms with Crippen molar-refractivity contribution in [3.63, 3.8) is 0 Å². The van der Waals surface area contributed by atoms with Crippen molar-refractivity contribution in [2.45, 2.75) is 90.3 Å². The molecule has 1 saturated carbocycles. The number of hydrogen-bond donors (Lipinski definition) is 0. The largest absolute Gasteiger partial charge is 1.00 e. The number of fused-ring (bicyclic) bond motifs is 1. The predicted molar refractivity (Wildman–Crippen MR) is 105 cm³/mol. The van der Waals surface area contributed by atoms with Crippen LogP contribution < -0.4 is 24.8 Å². The zero-order valence-electron chi connectivity index (χ0n) is 17.0. The molecule has 3 unspecified atom stereocenters. The van der Waals surface area contributed by atoms with Gasteiger partial charge in [0.05, 0.1) is 0 Å². The van der Waals surface area contributed by atoms with Crippen LogP contribution in [-0.4, -0.2) is 21.0 Å². The summed E-state index contributed by atoms with van der Waals surface area (Å²) in [6.45, 7) is 8.87. The maximum Gasteiger partial charge on any atom is -1.00 e. The molecule has 0 aliphatic heterocycles. The minimum atomic E-state index is -0.539. The summed E-state index contributed by atoms with van der Waals surface area (Å²) in [5.74, 6) is 1.70. The van der Waals surface area contributed by atoms with Gasteiger partial charge < -0.3 is 24.8 Å². The Balaban J connectivity index is 0.00000312. The number of halogens is 2. The van der Waals surface area contributed by atoms with Crippen molar-refractivity contribution in [1.82, 2.24) is 2.89 Å². The monoisotopic (exact) mass is 582 g/mol. The van der Waals surface area contributed by atoms with Crippen LogP contribution in [0.1, 0.15) is 71.1 Å². The molecule has 0 radical (unpaired) electrons. The Bertz CT molecular complexity index is 449. The van der Waals surface area contributed by atoms with E-state index < -0.39 is 21.8 Å². The summed E-state index contributed by atoms with van der Waals surface area (Å²) in [6.07, 6.45) is 24.1. The van der Waals surface area contributed by atoms with Gasteiger partial charge in [-0.3, -0.25) is 0 Å². The second-order valence-electron chi connectivity index (χ2n) is 7.94. The van der Waals surface area contributed by atoms with Crippen molar-refractivity contribution in [2.75, 3.05) is 6.54 Å². The summed E-state index contributed by atoms with van der Waals surface area (Å²) in [7, 11) is 0. The molecule has 149 valence electrons. The molecule has 5 heteroatoms. The third kappa shape index (κ3) is 9.54. The maximum absolute atomic E-state index is 3.08. The number of hydrogen-bond acceptors (Lipinski definition) is 1. The van der Waals surface area contributed by atoms with Crippen LogP contribution in [-0.2, 0) is 21.8 Å². The minimum absolute atomic E-state index is 0. The first kappa shape index (κ1) is 27.1. The zero-order valence-corrected chi connectivity index (χ0v) is 23.1. The third-order valence-corrected chi connectivity index (χ3v) is 16.2. The molecule has 0 bridgehead atoms. The van der Waals surface area contributed by atoms with E-state index in [0.29, 0.717) is 0 Å². The fourth-order valence-corrected chi connectivity index (χ4v) is 16.0. The van der Waals surface area contributed by atoms with E-state index >= 15 is 0 Å². The van der Waals surface area contributed by atoms with Crippen molar-refractivity contribution in [2.24, 2.45) is 11.8 Å². The fourth-order valence-electron chi connectivity index (χ4n) is 4.30. The standard InChI is InChI=1S/C19H32N.C2H6Si.2ClH.Hf/c1-2-3-4-5-6-7-8-11-16-20-19-15-14-17-12-9-10-13-18(17)19;1-3-2;;;/h9-10,12-13,17-19H,2-8,11,14-16H2,1H3;1-2H3;2*1H;/q-1;;;;+3/p-2. The normalized spacial score (nSPS) is 23.2. The van der Waals surface area contributed by atoms with Crippen molar-refractivity contribution < 1.29 is 46.6 Å². The van der Waals surface area contributed by atoms with Crippen molar-refractivity contribution in [1.29, 1.82) is 0 Å². The predicted octanol–water partition coefficient (Wildman–Crippen LogP) is 0.207. The van der Waals surface area contributed by atoms with E-state index in [1.807, 2.05) is 0 Å². The van der Waals surface area contributed by atoms with E-state index in [1.165, 1.54) is 70.8 Å². The van der Waals surface area contributed by atoms with Crippen molar-refractivity contribution >= 4 is 5.49 Å².